The van der Waals surface area contributed by atoms with E-state index in [-0.39, 0.29) is 15.2 Å². The molecule has 0 aliphatic carbocycles. The fraction of sp³-hybridized carbons (Fsp3) is 0.182. The summed E-state index contributed by atoms with van der Waals surface area (Å²) < 4.78 is 28.0. The van der Waals surface area contributed by atoms with E-state index in [2.05, 4.69) is 25.6 Å². The van der Waals surface area contributed by atoms with E-state index in [1.54, 1.807) is 6.92 Å². The summed E-state index contributed by atoms with van der Waals surface area (Å²) in [7, 11) is -3.58. The minimum atomic E-state index is -3.58. The van der Waals surface area contributed by atoms with E-state index in [4.69, 9.17) is 11.6 Å². The second-order valence-electron chi connectivity index (χ2n) is 3.76. The van der Waals surface area contributed by atoms with Crippen molar-refractivity contribution in [3.8, 4) is 0 Å². The largest absolute Gasteiger partial charge is 0.252 e. The molecule has 4 nitrogen and oxygen atoms in total. The van der Waals surface area contributed by atoms with Gasteiger partial charge >= 0.3 is 0 Å². The summed E-state index contributed by atoms with van der Waals surface area (Å²) in [5, 5.41) is 0. The van der Waals surface area contributed by atoms with Crippen LogP contribution in [-0.2, 0) is 16.6 Å². The highest BCUT2D eigenvalue weighted by atomic mass is 79.9. The number of aromatic nitrogens is 1. The molecule has 0 bridgehead atoms. The minimum absolute atomic E-state index is 0.157. The van der Waals surface area contributed by atoms with Crippen LogP contribution in [0.25, 0.3) is 0 Å². The molecule has 0 fully saturated rings. The van der Waals surface area contributed by atoms with E-state index in [1.165, 1.54) is 0 Å². The second kappa shape index (κ2) is 5.88. The molecule has 1 aromatic heterocycles. The first-order valence-corrected chi connectivity index (χ1v) is 8.73. The molecule has 1 N–H and O–H groups in total. The van der Waals surface area contributed by atoms with Crippen LogP contribution in [-0.4, -0.2) is 13.4 Å². The van der Waals surface area contributed by atoms with Crippen LogP contribution in [0.3, 0.4) is 0 Å². The van der Waals surface area contributed by atoms with Crippen molar-refractivity contribution in [3.05, 3.63) is 44.5 Å². The van der Waals surface area contributed by atoms with Gasteiger partial charge in [0, 0.05) is 11.0 Å². The van der Waals surface area contributed by atoms with Gasteiger partial charge in [-0.25, -0.2) is 18.1 Å². The van der Waals surface area contributed by atoms with E-state index in [9.17, 15) is 8.42 Å². The zero-order valence-corrected chi connectivity index (χ0v) is 13.8. The lowest BCUT2D eigenvalue weighted by atomic mass is 10.2. The van der Waals surface area contributed by atoms with Crippen molar-refractivity contribution in [3.63, 3.8) is 0 Å². The van der Waals surface area contributed by atoms with Gasteiger partial charge in [-0.3, -0.25) is 0 Å². The summed E-state index contributed by atoms with van der Waals surface area (Å²) in [5.74, 6) is 0. The first-order chi connectivity index (χ1) is 8.90. The number of hydrogen-bond donors (Lipinski definition) is 1. The first kappa shape index (κ1) is 14.9. The summed E-state index contributed by atoms with van der Waals surface area (Å²) in [6, 6.07) is 7.43. The molecular formula is C11H10BrClN2O2S2. The maximum Gasteiger partial charge on any atom is 0.252 e. The highest BCUT2D eigenvalue weighted by Crippen LogP contribution is 2.27. The Bertz CT molecular complexity index is 700. The molecular weight excluding hydrogens is 372 g/mol. The Kier molecular flexibility index (Phi) is 4.62. The van der Waals surface area contributed by atoms with Crippen molar-refractivity contribution in [2.45, 2.75) is 17.7 Å². The number of benzene rings is 1. The van der Waals surface area contributed by atoms with Gasteiger partial charge in [-0.1, -0.05) is 57.1 Å². The lowest BCUT2D eigenvalue weighted by Gasteiger charge is -2.07. The third-order valence-electron chi connectivity index (χ3n) is 2.38. The Morgan fingerprint density at radius 3 is 2.68 bits per heavy atom. The van der Waals surface area contributed by atoms with Crippen LogP contribution < -0.4 is 4.72 Å². The maximum absolute atomic E-state index is 12.1. The van der Waals surface area contributed by atoms with Crippen LogP contribution in [0.5, 0.6) is 0 Å². The summed E-state index contributed by atoms with van der Waals surface area (Å²) in [4.78, 5) is 3.91. The fourth-order valence-corrected chi connectivity index (χ4v) is 4.69. The van der Waals surface area contributed by atoms with Gasteiger partial charge < -0.3 is 0 Å². The van der Waals surface area contributed by atoms with Crippen molar-refractivity contribution in [1.29, 1.82) is 0 Å². The number of thiazole rings is 1. The van der Waals surface area contributed by atoms with E-state index in [0.717, 1.165) is 21.4 Å². The van der Waals surface area contributed by atoms with Crippen LogP contribution >= 0.6 is 38.9 Å². The minimum Gasteiger partial charge on any atom is -0.229 e. The van der Waals surface area contributed by atoms with Gasteiger partial charge in [0.15, 0.2) is 8.68 Å². The predicted molar refractivity (Wildman–Crippen MR) is 80.0 cm³/mol. The number of rotatable bonds is 4. The smallest absolute Gasteiger partial charge is 0.229 e. The highest BCUT2D eigenvalue weighted by Gasteiger charge is 2.21. The average Bonchev–Trinajstić information content (AvgIpc) is 2.68. The molecule has 0 aliphatic rings. The van der Waals surface area contributed by atoms with Crippen LogP contribution in [0.4, 0.5) is 0 Å². The van der Waals surface area contributed by atoms with Gasteiger partial charge in [0.05, 0.1) is 5.69 Å². The molecule has 0 aliphatic heterocycles. The SMILES string of the molecule is Cc1nc(Cl)sc1S(=O)(=O)NCc1ccccc1Br. The quantitative estimate of drug-likeness (QED) is 0.883. The summed E-state index contributed by atoms with van der Waals surface area (Å²) >= 11 is 10.0. The third kappa shape index (κ3) is 3.55. The molecule has 0 saturated carbocycles. The number of aryl methyl sites for hydroxylation is 1. The molecule has 0 radical (unpaired) electrons. The standard InChI is InChI=1S/C11H10BrClN2O2S2/c1-7-10(18-11(13)15-7)19(16,17)14-6-8-4-2-3-5-9(8)12/h2-5,14H,6H2,1H3. The number of hydrogen-bond acceptors (Lipinski definition) is 4. The van der Waals surface area contributed by atoms with Crippen LogP contribution in [0, 0.1) is 6.92 Å². The molecule has 8 heteroatoms. The first-order valence-electron chi connectivity index (χ1n) is 5.26. The molecule has 0 atom stereocenters. The molecule has 2 rings (SSSR count). The highest BCUT2D eigenvalue weighted by molar-refractivity contribution is 9.10. The molecule has 102 valence electrons. The van der Waals surface area contributed by atoms with E-state index in [1.807, 2.05) is 24.3 Å². The van der Waals surface area contributed by atoms with Crippen LogP contribution in [0.2, 0.25) is 4.47 Å². The van der Waals surface area contributed by atoms with Crippen LogP contribution in [0.15, 0.2) is 32.9 Å². The van der Waals surface area contributed by atoms with Gasteiger partial charge in [-0.15, -0.1) is 0 Å². The van der Waals surface area contributed by atoms with Crippen LogP contribution in [0.1, 0.15) is 11.3 Å². The fourth-order valence-electron chi connectivity index (χ4n) is 1.48. The zero-order chi connectivity index (χ0) is 14.0. The number of nitrogens with zero attached hydrogens (tertiary/aromatic N) is 1. The lowest BCUT2D eigenvalue weighted by Crippen LogP contribution is -2.23. The molecule has 0 amide bonds. The molecule has 2 aromatic rings. The number of sulfonamides is 1. The van der Waals surface area contributed by atoms with Gasteiger partial charge in [0.1, 0.15) is 0 Å². The van der Waals surface area contributed by atoms with Gasteiger partial charge in [0.2, 0.25) is 0 Å². The summed E-state index contributed by atoms with van der Waals surface area (Å²) in [6.45, 7) is 1.83. The van der Waals surface area contributed by atoms with Gasteiger partial charge in [-0.05, 0) is 18.6 Å². The zero-order valence-electron chi connectivity index (χ0n) is 9.85. The summed E-state index contributed by atoms with van der Waals surface area (Å²) in [5.41, 5.74) is 1.27. The van der Waals surface area contributed by atoms with E-state index < -0.39 is 10.0 Å². The molecule has 19 heavy (non-hydrogen) atoms. The third-order valence-corrected chi connectivity index (χ3v) is 6.43. The van der Waals surface area contributed by atoms with Crippen molar-refractivity contribution < 1.29 is 8.42 Å². The van der Waals surface area contributed by atoms with Gasteiger partial charge in [0.25, 0.3) is 10.0 Å². The Morgan fingerprint density at radius 1 is 1.42 bits per heavy atom. The van der Waals surface area contributed by atoms with E-state index in [0.29, 0.717) is 5.69 Å². The molecule has 1 heterocycles. The monoisotopic (exact) mass is 380 g/mol. The van der Waals surface area contributed by atoms with Gasteiger partial charge in [-0.2, -0.15) is 0 Å². The normalized spacial score (nSPS) is 11.7. The Balaban J connectivity index is 2.19. The number of halogens is 2. The predicted octanol–water partition coefficient (Wildman–Crippen LogP) is 3.35. The van der Waals surface area contributed by atoms with E-state index >= 15 is 0 Å². The molecule has 0 saturated heterocycles. The lowest BCUT2D eigenvalue weighted by molar-refractivity contribution is 0.582. The Labute approximate surface area is 129 Å². The van der Waals surface area contributed by atoms with Crippen molar-refractivity contribution in [2.75, 3.05) is 0 Å². The Hall–Kier alpha value is -0.470. The average molecular weight is 382 g/mol. The molecule has 1 aromatic carbocycles. The van der Waals surface area contributed by atoms with Crippen molar-refractivity contribution >= 4 is 48.9 Å². The number of nitrogens with one attached hydrogen (secondary N) is 1. The van der Waals surface area contributed by atoms with Crippen molar-refractivity contribution in [2.24, 2.45) is 0 Å². The Morgan fingerprint density at radius 2 is 2.11 bits per heavy atom. The second-order valence-corrected chi connectivity index (χ2v) is 8.15. The van der Waals surface area contributed by atoms with Crippen molar-refractivity contribution in [1.82, 2.24) is 9.71 Å². The topological polar surface area (TPSA) is 59.1 Å². The molecule has 0 unspecified atom stereocenters. The summed E-state index contributed by atoms with van der Waals surface area (Å²) in [6.07, 6.45) is 0. The maximum atomic E-state index is 12.1. The molecule has 0 spiro atoms.